The number of carbonyl (C=O) groups is 2. The smallest absolute Gasteiger partial charge is 0.306 e. The summed E-state index contributed by atoms with van der Waals surface area (Å²) in [6.45, 7) is 6.08. The molecule has 1 aliphatic carbocycles. The van der Waals surface area contributed by atoms with Crippen LogP contribution in [0.25, 0.3) is 0 Å². The van der Waals surface area contributed by atoms with Gasteiger partial charge in [0.05, 0.1) is 10.8 Å². The number of carboxylic acid groups (broad SMARTS) is 1. The molecule has 0 spiro atoms. The van der Waals surface area contributed by atoms with Gasteiger partial charge < -0.3 is 10.4 Å². The van der Waals surface area contributed by atoms with E-state index in [1.54, 1.807) is 12.1 Å². The van der Waals surface area contributed by atoms with Crippen molar-refractivity contribution in [1.82, 2.24) is 10.0 Å². The lowest BCUT2D eigenvalue weighted by Crippen LogP contribution is -2.51. The number of sulfonamides is 1. The Morgan fingerprint density at radius 3 is 2.24 bits per heavy atom. The molecule has 2 atom stereocenters. The number of benzene rings is 1. The van der Waals surface area contributed by atoms with Crippen molar-refractivity contribution in [2.45, 2.75) is 63.8 Å². The average molecular weight is 425 g/mol. The molecule has 0 heterocycles. The predicted molar refractivity (Wildman–Crippen MR) is 111 cm³/mol. The number of carbonyl (C=O) groups excluding carboxylic acids is 1. The SMILES string of the molecule is CCC(C)C(NS(=O)(=O)c1ccc(C)cc1)C(=O)NCC1CCC(C(=O)O)CC1. The maximum Gasteiger partial charge on any atom is 0.306 e. The molecule has 0 saturated heterocycles. The van der Waals surface area contributed by atoms with Crippen molar-refractivity contribution in [3.05, 3.63) is 29.8 Å². The number of hydrogen-bond acceptors (Lipinski definition) is 4. The number of rotatable bonds is 9. The predicted octanol–water partition coefficient (Wildman–Crippen LogP) is 2.70. The molecule has 0 radical (unpaired) electrons. The lowest BCUT2D eigenvalue weighted by atomic mass is 9.82. The average Bonchev–Trinajstić information content (AvgIpc) is 2.70. The number of amides is 1. The van der Waals surface area contributed by atoms with E-state index in [-0.39, 0.29) is 28.6 Å². The monoisotopic (exact) mass is 424 g/mol. The van der Waals surface area contributed by atoms with Crippen molar-refractivity contribution in [3.8, 4) is 0 Å². The Morgan fingerprint density at radius 1 is 1.14 bits per heavy atom. The minimum Gasteiger partial charge on any atom is -0.481 e. The van der Waals surface area contributed by atoms with Crippen LogP contribution in [0.5, 0.6) is 0 Å². The standard InChI is InChI=1S/C21H32N2O5S/c1-4-15(3)19(23-29(27,28)18-11-5-14(2)6-12-18)20(24)22-13-16-7-9-17(10-8-16)21(25)26/h5-6,11-12,15-17,19,23H,4,7-10,13H2,1-3H3,(H,22,24)(H,25,26). The molecule has 3 N–H and O–H groups in total. The molecule has 29 heavy (non-hydrogen) atoms. The Hall–Kier alpha value is -1.93. The van der Waals surface area contributed by atoms with E-state index < -0.39 is 22.0 Å². The van der Waals surface area contributed by atoms with Crippen LogP contribution >= 0.6 is 0 Å². The Morgan fingerprint density at radius 2 is 1.72 bits per heavy atom. The first-order valence-electron chi connectivity index (χ1n) is 10.2. The highest BCUT2D eigenvalue weighted by molar-refractivity contribution is 7.89. The van der Waals surface area contributed by atoms with E-state index in [4.69, 9.17) is 5.11 Å². The Labute approximate surface area is 173 Å². The molecule has 1 aliphatic rings. The maximum absolute atomic E-state index is 12.8. The van der Waals surface area contributed by atoms with Crippen LogP contribution in [-0.2, 0) is 19.6 Å². The van der Waals surface area contributed by atoms with E-state index >= 15 is 0 Å². The van der Waals surface area contributed by atoms with Crippen molar-refractivity contribution in [2.75, 3.05) is 6.54 Å². The van der Waals surface area contributed by atoms with Crippen LogP contribution in [0, 0.1) is 24.7 Å². The Balaban J connectivity index is 1.99. The van der Waals surface area contributed by atoms with E-state index in [1.165, 1.54) is 12.1 Å². The topological polar surface area (TPSA) is 113 Å². The fourth-order valence-corrected chi connectivity index (χ4v) is 4.89. The summed E-state index contributed by atoms with van der Waals surface area (Å²) < 4.78 is 28.0. The third-order valence-electron chi connectivity index (χ3n) is 5.87. The number of carboxylic acids is 1. The van der Waals surface area contributed by atoms with Crippen molar-refractivity contribution in [2.24, 2.45) is 17.8 Å². The first kappa shape index (κ1) is 23.3. The first-order chi connectivity index (χ1) is 13.6. The second kappa shape index (κ2) is 10.2. The highest BCUT2D eigenvalue weighted by Gasteiger charge is 2.31. The van der Waals surface area contributed by atoms with Crippen LogP contribution in [0.15, 0.2) is 29.2 Å². The van der Waals surface area contributed by atoms with Gasteiger partial charge in [-0.15, -0.1) is 0 Å². The van der Waals surface area contributed by atoms with Gasteiger partial charge in [0.1, 0.15) is 6.04 Å². The second-order valence-electron chi connectivity index (χ2n) is 8.10. The van der Waals surface area contributed by atoms with Crippen LogP contribution in [0.1, 0.15) is 51.5 Å². The molecule has 1 fully saturated rings. The molecule has 0 aromatic heterocycles. The highest BCUT2D eigenvalue weighted by Crippen LogP contribution is 2.28. The van der Waals surface area contributed by atoms with Gasteiger partial charge in [-0.25, -0.2) is 8.42 Å². The van der Waals surface area contributed by atoms with Gasteiger partial charge in [-0.2, -0.15) is 4.72 Å². The molecule has 8 heteroatoms. The fourth-order valence-electron chi connectivity index (χ4n) is 3.58. The van der Waals surface area contributed by atoms with Gasteiger partial charge in [0.25, 0.3) is 0 Å². The summed E-state index contributed by atoms with van der Waals surface area (Å²) in [4.78, 5) is 24.0. The molecular weight excluding hydrogens is 392 g/mol. The summed E-state index contributed by atoms with van der Waals surface area (Å²) in [7, 11) is -3.81. The van der Waals surface area contributed by atoms with Crippen molar-refractivity contribution < 1.29 is 23.1 Å². The lowest BCUT2D eigenvalue weighted by molar-refractivity contribution is -0.143. The summed E-state index contributed by atoms with van der Waals surface area (Å²) in [5.41, 5.74) is 0.956. The van der Waals surface area contributed by atoms with E-state index in [1.807, 2.05) is 20.8 Å². The maximum atomic E-state index is 12.8. The number of aliphatic carboxylic acids is 1. The quantitative estimate of drug-likeness (QED) is 0.564. The molecule has 1 aromatic rings. The molecule has 1 aromatic carbocycles. The number of hydrogen-bond donors (Lipinski definition) is 3. The minimum absolute atomic E-state index is 0.135. The van der Waals surface area contributed by atoms with Gasteiger partial charge in [0.15, 0.2) is 0 Å². The van der Waals surface area contributed by atoms with E-state index in [2.05, 4.69) is 10.0 Å². The van der Waals surface area contributed by atoms with Crippen LogP contribution in [0.4, 0.5) is 0 Å². The van der Waals surface area contributed by atoms with E-state index in [0.29, 0.717) is 25.8 Å². The van der Waals surface area contributed by atoms with Gasteiger partial charge in [-0.3, -0.25) is 9.59 Å². The van der Waals surface area contributed by atoms with Crippen molar-refractivity contribution in [1.29, 1.82) is 0 Å². The summed E-state index contributed by atoms with van der Waals surface area (Å²) in [6.07, 6.45) is 3.38. The Bertz CT molecular complexity index is 799. The summed E-state index contributed by atoms with van der Waals surface area (Å²) >= 11 is 0. The largest absolute Gasteiger partial charge is 0.481 e. The minimum atomic E-state index is -3.81. The highest BCUT2D eigenvalue weighted by atomic mass is 32.2. The third kappa shape index (κ3) is 6.54. The van der Waals surface area contributed by atoms with Crippen LogP contribution in [-0.4, -0.2) is 38.0 Å². The summed E-state index contributed by atoms with van der Waals surface area (Å²) in [5.74, 6) is -1.33. The van der Waals surface area contributed by atoms with Gasteiger partial charge in [0, 0.05) is 6.54 Å². The number of nitrogens with one attached hydrogen (secondary N) is 2. The number of aryl methyl sites for hydroxylation is 1. The molecule has 0 aliphatic heterocycles. The molecule has 2 rings (SSSR count). The molecule has 7 nitrogen and oxygen atoms in total. The van der Waals surface area contributed by atoms with Crippen LogP contribution in [0.3, 0.4) is 0 Å². The van der Waals surface area contributed by atoms with E-state index in [0.717, 1.165) is 18.4 Å². The van der Waals surface area contributed by atoms with E-state index in [9.17, 15) is 18.0 Å². The molecular formula is C21H32N2O5S. The summed E-state index contributed by atoms with van der Waals surface area (Å²) in [5, 5.41) is 12.0. The molecule has 0 bridgehead atoms. The zero-order chi connectivity index (χ0) is 21.6. The van der Waals surface area contributed by atoms with Crippen molar-refractivity contribution >= 4 is 21.9 Å². The third-order valence-corrected chi connectivity index (χ3v) is 7.33. The van der Waals surface area contributed by atoms with Crippen LogP contribution in [0.2, 0.25) is 0 Å². The molecule has 2 unspecified atom stereocenters. The normalized spacial score (nSPS) is 21.9. The zero-order valence-corrected chi connectivity index (χ0v) is 18.2. The lowest BCUT2D eigenvalue weighted by Gasteiger charge is -2.28. The van der Waals surface area contributed by atoms with Gasteiger partial charge >= 0.3 is 5.97 Å². The van der Waals surface area contributed by atoms with Crippen LogP contribution < -0.4 is 10.0 Å². The fraction of sp³-hybridized carbons (Fsp3) is 0.619. The Kier molecular flexibility index (Phi) is 8.22. The first-order valence-corrected chi connectivity index (χ1v) is 11.7. The van der Waals surface area contributed by atoms with Gasteiger partial charge in [-0.1, -0.05) is 38.0 Å². The summed E-state index contributed by atoms with van der Waals surface area (Å²) in [6, 6.07) is 5.65. The molecule has 162 valence electrons. The molecule has 1 amide bonds. The van der Waals surface area contributed by atoms with Crippen molar-refractivity contribution in [3.63, 3.8) is 0 Å². The molecule has 1 saturated carbocycles. The van der Waals surface area contributed by atoms with Gasteiger partial charge in [0.2, 0.25) is 15.9 Å². The second-order valence-corrected chi connectivity index (χ2v) is 9.81. The van der Waals surface area contributed by atoms with Gasteiger partial charge in [-0.05, 0) is 56.6 Å². The zero-order valence-electron chi connectivity index (χ0n) is 17.3.